The third-order valence-electron chi connectivity index (χ3n) is 6.58. The molecule has 4 rings (SSSR count). The number of nitrogens with one attached hydrogen (secondary N) is 1. The van der Waals surface area contributed by atoms with Crippen LogP contribution in [0, 0.1) is 27.7 Å². The van der Waals surface area contributed by atoms with Crippen LogP contribution in [0.25, 0.3) is 11.8 Å². The highest BCUT2D eigenvalue weighted by atomic mass is 32.2. The number of rotatable bonds is 5. The van der Waals surface area contributed by atoms with Crippen LogP contribution in [0.5, 0.6) is 0 Å². The molecule has 1 N–H and O–H groups in total. The predicted octanol–water partition coefficient (Wildman–Crippen LogP) is 6.68. The Morgan fingerprint density at radius 2 is 1.65 bits per heavy atom. The maximum Gasteiger partial charge on any atom is 0.294 e. The third kappa shape index (κ3) is 5.57. The second-order valence-corrected chi connectivity index (χ2v) is 11.6. The first kappa shape index (κ1) is 26.5. The van der Waals surface area contributed by atoms with Crippen LogP contribution in [0.4, 0.5) is 10.5 Å². The second-order valence-electron chi connectivity index (χ2n) is 10.6. The first-order chi connectivity index (χ1) is 17.3. The average molecular weight is 516 g/mol. The van der Waals surface area contributed by atoms with Crippen molar-refractivity contribution in [1.82, 2.24) is 9.47 Å². The van der Waals surface area contributed by atoms with Gasteiger partial charge in [-0.25, -0.2) is 0 Å². The number of anilines is 1. The van der Waals surface area contributed by atoms with Gasteiger partial charge in [0.15, 0.2) is 0 Å². The minimum Gasteiger partial charge on any atom is -0.324 e. The van der Waals surface area contributed by atoms with Crippen LogP contribution in [0.15, 0.2) is 53.4 Å². The van der Waals surface area contributed by atoms with E-state index in [0.29, 0.717) is 10.6 Å². The van der Waals surface area contributed by atoms with Crippen LogP contribution < -0.4 is 5.32 Å². The van der Waals surface area contributed by atoms with Crippen LogP contribution in [0.1, 0.15) is 54.4 Å². The number of carbonyl (C=O) groups is 3. The molecule has 6 nitrogen and oxygen atoms in total. The number of hydrogen-bond donors (Lipinski definition) is 1. The lowest BCUT2D eigenvalue weighted by Crippen LogP contribution is -2.36. The zero-order valence-corrected chi connectivity index (χ0v) is 23.2. The molecule has 3 amide bonds. The van der Waals surface area contributed by atoms with Gasteiger partial charge >= 0.3 is 0 Å². The highest BCUT2D eigenvalue weighted by molar-refractivity contribution is 8.18. The molecule has 0 aliphatic carbocycles. The Kier molecular flexibility index (Phi) is 7.20. The molecule has 1 aromatic heterocycles. The van der Waals surface area contributed by atoms with Crippen molar-refractivity contribution in [2.45, 2.75) is 53.9 Å². The fraction of sp³-hybridized carbons (Fsp3) is 0.300. The summed E-state index contributed by atoms with van der Waals surface area (Å²) in [6.45, 7) is 14.1. The van der Waals surface area contributed by atoms with Gasteiger partial charge in [0, 0.05) is 22.8 Å². The number of amides is 3. The molecule has 0 radical (unpaired) electrons. The van der Waals surface area contributed by atoms with Crippen molar-refractivity contribution >= 4 is 40.6 Å². The van der Waals surface area contributed by atoms with E-state index in [1.165, 1.54) is 5.56 Å². The molecule has 1 aliphatic rings. The summed E-state index contributed by atoms with van der Waals surface area (Å²) >= 11 is 0.864. The van der Waals surface area contributed by atoms with Gasteiger partial charge < -0.3 is 9.88 Å². The van der Waals surface area contributed by atoms with Gasteiger partial charge in [0.2, 0.25) is 5.91 Å². The molecule has 1 saturated heterocycles. The van der Waals surface area contributed by atoms with Crippen LogP contribution in [0.2, 0.25) is 0 Å². The van der Waals surface area contributed by atoms with Crippen molar-refractivity contribution in [2.75, 3.05) is 11.9 Å². The molecule has 192 valence electrons. The number of hydrogen-bond acceptors (Lipinski definition) is 4. The van der Waals surface area contributed by atoms with Crippen LogP contribution in [-0.2, 0) is 15.0 Å². The van der Waals surface area contributed by atoms with E-state index in [1.807, 2.05) is 52.0 Å². The molecule has 7 heteroatoms. The molecule has 3 aromatic rings. The molecular formula is C30H33N3O3S. The van der Waals surface area contributed by atoms with Gasteiger partial charge in [-0.1, -0.05) is 50.6 Å². The molecule has 0 bridgehead atoms. The van der Waals surface area contributed by atoms with E-state index in [4.69, 9.17) is 0 Å². The summed E-state index contributed by atoms with van der Waals surface area (Å²) in [5.41, 5.74) is 7.92. The normalized spacial score (nSPS) is 15.1. The maximum absolute atomic E-state index is 13.1. The summed E-state index contributed by atoms with van der Waals surface area (Å²) in [5, 5.41) is 2.36. The van der Waals surface area contributed by atoms with Crippen molar-refractivity contribution in [3.63, 3.8) is 0 Å². The number of aryl methyl sites for hydroxylation is 3. The Hall–Kier alpha value is -3.58. The van der Waals surface area contributed by atoms with E-state index >= 15 is 0 Å². The van der Waals surface area contributed by atoms with Crippen molar-refractivity contribution in [1.29, 1.82) is 0 Å². The van der Waals surface area contributed by atoms with Gasteiger partial charge in [-0.2, -0.15) is 0 Å². The van der Waals surface area contributed by atoms with E-state index in [-0.39, 0.29) is 12.0 Å². The Balaban J connectivity index is 1.52. The Morgan fingerprint density at radius 3 is 2.27 bits per heavy atom. The minimum atomic E-state index is -0.454. The molecule has 2 heterocycles. The fourth-order valence-electron chi connectivity index (χ4n) is 4.51. The van der Waals surface area contributed by atoms with Crippen molar-refractivity contribution in [3.05, 3.63) is 87.1 Å². The third-order valence-corrected chi connectivity index (χ3v) is 7.49. The quantitative estimate of drug-likeness (QED) is 0.385. The van der Waals surface area contributed by atoms with Crippen molar-refractivity contribution in [2.24, 2.45) is 0 Å². The summed E-state index contributed by atoms with van der Waals surface area (Å²) in [6.07, 6.45) is 1.75. The van der Waals surface area contributed by atoms with E-state index in [9.17, 15) is 14.4 Å². The zero-order valence-electron chi connectivity index (χ0n) is 22.4. The summed E-state index contributed by atoms with van der Waals surface area (Å²) < 4.78 is 2.14. The number of imide groups is 1. The standard InChI is InChI=1S/C30H33N3O3S/c1-18-8-13-25(19(2)14-18)31-27(34)17-32-28(35)26(37-29(32)36)16-22-15-20(3)33(21(22)4)24-11-9-23(10-12-24)30(5,6)7/h8-16H,17H2,1-7H3,(H,31,34)/b26-16-. The highest BCUT2D eigenvalue weighted by Crippen LogP contribution is 2.34. The van der Waals surface area contributed by atoms with E-state index in [0.717, 1.165) is 50.4 Å². The van der Waals surface area contributed by atoms with Crippen molar-refractivity contribution in [3.8, 4) is 5.69 Å². The molecule has 0 saturated carbocycles. The summed E-state index contributed by atoms with van der Waals surface area (Å²) in [7, 11) is 0. The average Bonchev–Trinajstić information content (AvgIpc) is 3.24. The van der Waals surface area contributed by atoms with Gasteiger partial charge in [-0.3, -0.25) is 19.3 Å². The molecule has 1 fully saturated rings. The monoisotopic (exact) mass is 515 g/mol. The first-order valence-corrected chi connectivity index (χ1v) is 13.1. The fourth-order valence-corrected chi connectivity index (χ4v) is 5.34. The second kappa shape index (κ2) is 10.1. The molecule has 0 spiro atoms. The Labute approximate surface area is 222 Å². The van der Waals surface area contributed by atoms with Gasteiger partial charge in [0.05, 0.1) is 4.91 Å². The molecule has 1 aliphatic heterocycles. The van der Waals surface area contributed by atoms with Gasteiger partial charge in [0.1, 0.15) is 6.54 Å². The SMILES string of the molecule is Cc1ccc(NC(=O)CN2C(=O)S/C(=C\c3cc(C)n(-c4ccc(C(C)(C)C)cc4)c3C)C2=O)c(C)c1. The van der Waals surface area contributed by atoms with E-state index < -0.39 is 17.1 Å². The molecule has 0 atom stereocenters. The van der Waals surface area contributed by atoms with Gasteiger partial charge in [0.25, 0.3) is 11.1 Å². The Bertz CT molecular complexity index is 1430. The van der Waals surface area contributed by atoms with Crippen LogP contribution >= 0.6 is 11.8 Å². The highest BCUT2D eigenvalue weighted by Gasteiger charge is 2.36. The number of thioether (sulfide) groups is 1. The molecule has 0 unspecified atom stereocenters. The van der Waals surface area contributed by atoms with E-state index in [2.05, 4.69) is 54.9 Å². The zero-order chi connectivity index (χ0) is 27.1. The number of nitrogens with zero attached hydrogens (tertiary/aromatic N) is 2. The smallest absolute Gasteiger partial charge is 0.294 e. The van der Waals surface area contributed by atoms with Gasteiger partial charge in [-0.05, 0) is 91.9 Å². The van der Waals surface area contributed by atoms with Crippen molar-refractivity contribution < 1.29 is 14.4 Å². The minimum absolute atomic E-state index is 0.0726. The summed E-state index contributed by atoms with van der Waals surface area (Å²) in [4.78, 5) is 39.6. The molecule has 2 aromatic carbocycles. The lowest BCUT2D eigenvalue weighted by Gasteiger charge is -2.20. The lowest BCUT2D eigenvalue weighted by atomic mass is 9.87. The number of aromatic nitrogens is 1. The van der Waals surface area contributed by atoms with E-state index in [1.54, 1.807) is 6.08 Å². The Morgan fingerprint density at radius 1 is 0.973 bits per heavy atom. The lowest BCUT2D eigenvalue weighted by molar-refractivity contribution is -0.127. The maximum atomic E-state index is 13.1. The largest absolute Gasteiger partial charge is 0.324 e. The van der Waals surface area contributed by atoms with Crippen LogP contribution in [-0.4, -0.2) is 33.1 Å². The number of benzene rings is 2. The topological polar surface area (TPSA) is 71.4 Å². The van der Waals surface area contributed by atoms with Gasteiger partial charge in [-0.15, -0.1) is 0 Å². The molecular weight excluding hydrogens is 482 g/mol. The first-order valence-electron chi connectivity index (χ1n) is 12.3. The summed E-state index contributed by atoms with van der Waals surface area (Å²) in [5.74, 6) is -0.863. The predicted molar refractivity (Wildman–Crippen MR) is 151 cm³/mol. The number of carbonyl (C=O) groups excluding carboxylic acids is 3. The van der Waals surface area contributed by atoms with Crippen LogP contribution in [0.3, 0.4) is 0 Å². The summed E-state index contributed by atoms with van der Waals surface area (Å²) in [6, 6.07) is 16.2. The molecule has 37 heavy (non-hydrogen) atoms.